The van der Waals surface area contributed by atoms with Crippen LogP contribution >= 0.6 is 11.8 Å². The Hall–Kier alpha value is -7.41. The maximum absolute atomic E-state index is 13.8. The van der Waals surface area contributed by atoms with E-state index >= 15 is 0 Å². The smallest absolute Gasteiger partial charge is 0.247 e. The molecule has 0 aliphatic carbocycles. The van der Waals surface area contributed by atoms with Crippen molar-refractivity contribution >= 4 is 81.7 Å². The zero-order valence-corrected chi connectivity index (χ0v) is 52.4. The summed E-state index contributed by atoms with van der Waals surface area (Å²) in [5.41, 5.74) is 4.22. The molecule has 6 rings (SSSR count). The van der Waals surface area contributed by atoms with Gasteiger partial charge in [0.1, 0.15) is 24.2 Å². The summed E-state index contributed by atoms with van der Waals surface area (Å²) >= 11 is 1.67. The molecule has 86 heavy (non-hydrogen) atoms. The molecule has 474 valence electrons. The van der Waals surface area contributed by atoms with Crippen LogP contribution in [-0.4, -0.2) is 152 Å². The van der Waals surface area contributed by atoms with Gasteiger partial charge in [-0.25, -0.2) is 0 Å². The van der Waals surface area contributed by atoms with Crippen LogP contribution in [0.3, 0.4) is 0 Å². The van der Waals surface area contributed by atoms with E-state index in [2.05, 4.69) is 68.5 Å². The zero-order chi connectivity index (χ0) is 63.4. The van der Waals surface area contributed by atoms with E-state index in [4.69, 9.17) is 5.73 Å². The predicted molar refractivity (Wildman–Crippen MR) is 333 cm³/mol. The monoisotopic (exact) mass is 1210 g/mol. The fourth-order valence-corrected chi connectivity index (χ4v) is 10.1. The summed E-state index contributed by atoms with van der Waals surface area (Å²) in [5, 5.41) is 33.0. The van der Waals surface area contributed by atoms with Gasteiger partial charge >= 0.3 is 0 Å². The highest BCUT2D eigenvalue weighted by molar-refractivity contribution is 8.13. The summed E-state index contributed by atoms with van der Waals surface area (Å²) in [6.07, 6.45) is 4.44. The van der Waals surface area contributed by atoms with Gasteiger partial charge in [0.25, 0.3) is 0 Å². The highest BCUT2D eigenvalue weighted by Gasteiger charge is 2.41. The van der Waals surface area contributed by atoms with Crippen LogP contribution in [0.25, 0.3) is 0 Å². The molecule has 25 heteroatoms. The van der Waals surface area contributed by atoms with Gasteiger partial charge in [0.15, 0.2) is 22.7 Å². The Labute approximate surface area is 510 Å². The van der Waals surface area contributed by atoms with Gasteiger partial charge in [-0.1, -0.05) is 114 Å². The molecule has 0 unspecified atom stereocenters. The number of hydrogen-bond donors (Lipinski definition) is 12. The van der Waals surface area contributed by atoms with Crippen molar-refractivity contribution in [1.29, 1.82) is 0 Å². The van der Waals surface area contributed by atoms with Crippen molar-refractivity contribution in [3.63, 3.8) is 0 Å². The molecule has 0 radical (unpaired) electrons. The fraction of sp³-hybridized carbons (Fsp3) is 0.607. The number of nitrogens with one attached hydrogen (secondary N) is 11. The van der Waals surface area contributed by atoms with Gasteiger partial charge in [0, 0.05) is 69.2 Å². The van der Waals surface area contributed by atoms with Gasteiger partial charge in [-0.2, -0.15) is 0 Å². The summed E-state index contributed by atoms with van der Waals surface area (Å²) in [6.45, 7) is 18.2. The normalized spacial score (nSPS) is 25.3. The number of nitrogens with zero attached hydrogens (tertiary/aromatic N) is 2. The van der Waals surface area contributed by atoms with E-state index in [0.29, 0.717) is 68.8 Å². The number of guanidine groups is 1. The number of nitrogens with two attached hydrogens (primary N) is 1. The zero-order valence-electron chi connectivity index (χ0n) is 51.6. The van der Waals surface area contributed by atoms with Crippen LogP contribution in [-0.2, 0) is 47.9 Å². The molecule has 4 aliphatic rings. The lowest BCUT2D eigenvalue weighted by atomic mass is 9.84. The first-order valence-electron chi connectivity index (χ1n) is 30.1. The van der Waals surface area contributed by atoms with Gasteiger partial charge in [0.05, 0.1) is 24.2 Å². The molecule has 4 aliphatic heterocycles. The van der Waals surface area contributed by atoms with Crippen LogP contribution in [0.4, 0.5) is 0 Å². The van der Waals surface area contributed by atoms with Crippen molar-refractivity contribution < 1.29 is 47.9 Å². The van der Waals surface area contributed by atoms with E-state index < -0.39 is 82.5 Å². The van der Waals surface area contributed by atoms with Crippen LogP contribution in [0.2, 0.25) is 0 Å². The van der Waals surface area contributed by atoms with Crippen LogP contribution < -0.4 is 64.2 Å². The van der Waals surface area contributed by atoms with Gasteiger partial charge in [-0.3, -0.25) is 57.9 Å². The maximum atomic E-state index is 13.8. The van der Waals surface area contributed by atoms with Crippen LogP contribution in [0.1, 0.15) is 143 Å². The Balaban J connectivity index is 0.000000332. The molecule has 0 bridgehead atoms. The molecule has 8 amide bonds. The lowest BCUT2D eigenvalue weighted by molar-refractivity contribution is -0.137. The van der Waals surface area contributed by atoms with E-state index in [-0.39, 0.29) is 80.4 Å². The number of carbonyl (C=O) groups excluding carboxylic acids is 10. The van der Waals surface area contributed by atoms with Crippen LogP contribution in [0.5, 0.6) is 0 Å². The molecular formula is C61H94N14O10S. The van der Waals surface area contributed by atoms with E-state index in [1.807, 2.05) is 12.3 Å². The molecule has 0 aromatic heterocycles. The molecule has 4 heterocycles. The first kappa shape index (κ1) is 71.1. The topological polar surface area (TPSA) is 354 Å². The summed E-state index contributed by atoms with van der Waals surface area (Å²) in [4.78, 5) is 141. The van der Waals surface area contributed by atoms with Crippen molar-refractivity contribution in [2.45, 2.75) is 155 Å². The Kier molecular flexibility index (Phi) is 29.7. The van der Waals surface area contributed by atoms with E-state index in [1.165, 1.54) is 0 Å². The Morgan fingerprint density at radius 3 is 1.37 bits per heavy atom. The third-order valence-electron chi connectivity index (χ3n) is 15.3. The highest BCUT2D eigenvalue weighted by Crippen LogP contribution is 2.25. The summed E-state index contributed by atoms with van der Waals surface area (Å²) in [5.74, 6) is -5.41. The Morgan fingerprint density at radius 1 is 0.581 bits per heavy atom. The number of benzene rings is 2. The summed E-state index contributed by atoms with van der Waals surface area (Å²) < 4.78 is 0. The van der Waals surface area contributed by atoms with E-state index in [1.54, 1.807) is 122 Å². The largest absolute Gasteiger partial charge is 0.363 e. The van der Waals surface area contributed by atoms with Crippen molar-refractivity contribution in [2.24, 2.45) is 39.4 Å². The summed E-state index contributed by atoms with van der Waals surface area (Å²) in [6, 6.07) is 13.8. The van der Waals surface area contributed by atoms with Crippen molar-refractivity contribution in [2.75, 3.05) is 58.6 Å². The second-order valence-electron chi connectivity index (χ2n) is 22.8. The minimum Gasteiger partial charge on any atom is -0.363 e. The van der Waals surface area contributed by atoms with Gasteiger partial charge < -0.3 is 64.2 Å². The lowest BCUT2D eigenvalue weighted by Gasteiger charge is -2.33. The quantitative estimate of drug-likeness (QED) is 0.114. The predicted octanol–water partition coefficient (Wildman–Crippen LogP) is 2.11. The molecule has 0 saturated carbocycles. The molecule has 24 nitrogen and oxygen atoms in total. The number of amidine groups is 1. The van der Waals surface area contributed by atoms with Crippen molar-refractivity contribution in [3.05, 3.63) is 71.8 Å². The molecule has 2 aromatic rings. The Bertz CT molecular complexity index is 2680. The van der Waals surface area contributed by atoms with Gasteiger partial charge in [-0.05, 0) is 89.1 Å². The van der Waals surface area contributed by atoms with Crippen molar-refractivity contribution in [3.8, 4) is 0 Å². The average Bonchev–Trinajstić information content (AvgIpc) is 4.24. The molecule has 2 saturated heterocycles. The van der Waals surface area contributed by atoms with E-state index in [0.717, 1.165) is 24.8 Å². The molecule has 13 N–H and O–H groups in total. The maximum Gasteiger partial charge on any atom is 0.247 e. The average molecular weight is 1220 g/mol. The fourth-order valence-electron chi connectivity index (χ4n) is 9.61. The van der Waals surface area contributed by atoms with Crippen LogP contribution in [0, 0.1) is 23.7 Å². The molecule has 8 atom stereocenters. The molecule has 2 aromatic carbocycles. The molecule has 0 spiro atoms. The second-order valence-corrected chi connectivity index (χ2v) is 23.6. The van der Waals surface area contributed by atoms with Gasteiger partial charge in [-0.15, -0.1) is 0 Å². The third-order valence-corrected chi connectivity index (χ3v) is 15.9. The standard InChI is InChI=1S/C30H45N7O5.C27H41N5O5.C4H8N2S/c1-5-22-27(41)36-24(20-10-7-6-8-11-20)28(42)31-15-13-30(4,37-25(39)19(2)3)23(38)18-21(26(40)35-22)12-9-14-32-29-33-16-17-34-29;1-5-20-25(36)31-22(18-10-7-6-8-11-18)26(37)29-15-13-27(4,32-23(34)17(2)3)21(33)16-19(12-9-14-28)24(35)30-20;1-7-4-5-2-3-6-4/h6-8,10-11,19,21-22,24H,5,9,12-18H2,1-4H3,(H,31,42)(H,35,40)(H,36,41)(H,37,39)(H2,32,33,34);6-8,10-11,17,19-20,22H,5,9,12-16,28H2,1-4H3,(H,29,37)(H,30,35)(H,31,36)(H,32,34);2-3H2,1H3,(H,5,6)/t21-,22+,24-,30-;19-,20+,22-,27-;/m11./s1. The lowest BCUT2D eigenvalue weighted by Crippen LogP contribution is -2.57. The number of aliphatic imine (C=N–C) groups is 2. The number of hydrogen-bond acceptors (Lipinski definition) is 17. The second kappa shape index (κ2) is 35.9. The number of Topliss-reactive ketones (excluding diaryl/α,β-unsaturated/α-hetero) is 2. The van der Waals surface area contributed by atoms with Gasteiger partial charge in [0.2, 0.25) is 47.3 Å². The summed E-state index contributed by atoms with van der Waals surface area (Å²) in [7, 11) is 0. The number of carbonyl (C=O) groups is 10. The SMILES string of the molecule is CC[C@@H]1NC(=O)[C@H](CCCN)CC(=O)[C@](C)(NC(=O)C(C)C)CCNC(=O)[C@@H](c2ccccc2)NC1=O.CC[C@@H]1NC(=O)[C@H](CCCNC2=NCCN2)CC(=O)[C@](C)(NC(=O)C(C)C)CCNC(=O)[C@@H](c2ccccc2)NC1=O.CSC1=NCCN1. The first-order chi connectivity index (χ1) is 41.0. The minimum absolute atomic E-state index is 0.0752. The first-order valence-corrected chi connectivity index (χ1v) is 31.3. The Morgan fingerprint density at radius 2 is 1.01 bits per heavy atom. The number of amides is 8. The van der Waals surface area contributed by atoms with Crippen molar-refractivity contribution in [1.82, 2.24) is 58.5 Å². The minimum atomic E-state index is -1.31. The molecule has 2 fully saturated rings. The number of ketones is 2. The highest BCUT2D eigenvalue weighted by atomic mass is 32.2. The van der Waals surface area contributed by atoms with Crippen LogP contribution in [0.15, 0.2) is 70.6 Å². The number of rotatable bonds is 15. The van der Waals surface area contributed by atoms with E-state index in [9.17, 15) is 47.9 Å². The third kappa shape index (κ3) is 22.5. The molecular weight excluding hydrogens is 1120 g/mol. The number of thioether (sulfide) groups is 1.